The molecule has 68 valence electrons. The molecule has 0 amide bonds. The predicted octanol–water partition coefficient (Wildman–Crippen LogP) is 1.63. The molecule has 0 aromatic heterocycles. The summed E-state index contributed by atoms with van der Waals surface area (Å²) in [4.78, 5) is 11.2. The Morgan fingerprint density at radius 2 is 2.08 bits per heavy atom. The fraction of sp³-hybridized carbons (Fsp3) is 0.300. The molecule has 0 bridgehead atoms. The molecule has 0 aliphatic carbocycles. The molecule has 0 radical (unpaired) electrons. The number of carbonyl (C=O) groups excluding carboxylic acids is 1. The largest absolute Gasteiger partial charge is 0.356 e. The monoisotopic (exact) mass is 194 g/mol. The summed E-state index contributed by atoms with van der Waals surface area (Å²) in [5.74, 6) is 0.325. The molecule has 0 N–H and O–H groups in total. The molecule has 1 aromatic carbocycles. The van der Waals surface area contributed by atoms with Crippen molar-refractivity contribution in [2.45, 2.75) is 12.2 Å². The average molecular weight is 194 g/mol. The van der Waals surface area contributed by atoms with Crippen LogP contribution in [0.1, 0.15) is 11.7 Å². The molecule has 0 spiro atoms. The standard InChI is InChI=1S/C10H10O2S/c11-8(6-13)10-9(12-10)7-4-2-1-3-5-7/h1-5,9-10,13H,6H2/t9-,10-/m1/s1. The molecule has 1 aromatic rings. The van der Waals surface area contributed by atoms with Crippen LogP contribution in [0.2, 0.25) is 0 Å². The van der Waals surface area contributed by atoms with Crippen molar-refractivity contribution in [1.29, 1.82) is 0 Å². The molecule has 1 heterocycles. The lowest BCUT2D eigenvalue weighted by molar-refractivity contribution is -0.117. The SMILES string of the molecule is O=C(CS)[C@H]1O[C@@H]1c1ccccc1. The number of benzene rings is 1. The van der Waals surface area contributed by atoms with E-state index in [1.807, 2.05) is 30.3 Å². The smallest absolute Gasteiger partial charge is 0.174 e. The van der Waals surface area contributed by atoms with Crippen molar-refractivity contribution in [3.05, 3.63) is 35.9 Å². The van der Waals surface area contributed by atoms with Crippen LogP contribution < -0.4 is 0 Å². The molecule has 2 nitrogen and oxygen atoms in total. The summed E-state index contributed by atoms with van der Waals surface area (Å²) in [7, 11) is 0. The highest BCUT2D eigenvalue weighted by Gasteiger charge is 2.44. The average Bonchev–Trinajstić information content (AvgIpc) is 2.98. The number of Topliss-reactive ketones (excluding diaryl/α,β-unsaturated/α-hetero) is 1. The van der Waals surface area contributed by atoms with Gasteiger partial charge in [-0.15, -0.1) is 0 Å². The Kier molecular flexibility index (Phi) is 2.38. The quantitative estimate of drug-likeness (QED) is 0.585. The molecule has 1 saturated heterocycles. The topological polar surface area (TPSA) is 29.6 Å². The van der Waals surface area contributed by atoms with E-state index in [2.05, 4.69) is 12.6 Å². The van der Waals surface area contributed by atoms with Crippen molar-refractivity contribution in [1.82, 2.24) is 0 Å². The number of hydrogen-bond acceptors (Lipinski definition) is 3. The van der Waals surface area contributed by atoms with Crippen LogP contribution in [-0.4, -0.2) is 17.6 Å². The van der Waals surface area contributed by atoms with Crippen LogP contribution in [0.3, 0.4) is 0 Å². The van der Waals surface area contributed by atoms with E-state index < -0.39 is 0 Å². The Bertz CT molecular complexity index is 310. The van der Waals surface area contributed by atoms with E-state index in [0.29, 0.717) is 0 Å². The van der Waals surface area contributed by atoms with E-state index in [1.165, 1.54) is 0 Å². The van der Waals surface area contributed by atoms with Gasteiger partial charge < -0.3 is 4.74 Å². The van der Waals surface area contributed by atoms with Crippen LogP contribution in [0.25, 0.3) is 0 Å². The second-order valence-electron chi connectivity index (χ2n) is 3.01. The highest BCUT2D eigenvalue weighted by atomic mass is 32.1. The summed E-state index contributed by atoms with van der Waals surface area (Å²) in [6, 6.07) is 9.77. The first-order chi connectivity index (χ1) is 6.33. The maximum atomic E-state index is 11.2. The number of ketones is 1. The lowest BCUT2D eigenvalue weighted by Crippen LogP contribution is -2.08. The van der Waals surface area contributed by atoms with Crippen molar-refractivity contribution in [3.8, 4) is 0 Å². The first kappa shape index (κ1) is 8.78. The second kappa shape index (κ2) is 3.52. The van der Waals surface area contributed by atoms with Crippen LogP contribution in [-0.2, 0) is 9.53 Å². The molecule has 13 heavy (non-hydrogen) atoms. The van der Waals surface area contributed by atoms with Crippen molar-refractivity contribution in [2.24, 2.45) is 0 Å². The normalized spacial score (nSPS) is 25.6. The third-order valence-electron chi connectivity index (χ3n) is 2.09. The zero-order chi connectivity index (χ0) is 9.26. The second-order valence-corrected chi connectivity index (χ2v) is 3.33. The van der Waals surface area contributed by atoms with E-state index in [-0.39, 0.29) is 23.7 Å². The summed E-state index contributed by atoms with van der Waals surface area (Å²) in [5, 5.41) is 0. The zero-order valence-corrected chi connectivity index (χ0v) is 7.91. The first-order valence-corrected chi connectivity index (χ1v) is 4.80. The van der Waals surface area contributed by atoms with E-state index >= 15 is 0 Å². The minimum Gasteiger partial charge on any atom is -0.356 e. The third-order valence-corrected chi connectivity index (χ3v) is 2.40. The van der Waals surface area contributed by atoms with Crippen molar-refractivity contribution in [2.75, 3.05) is 5.75 Å². The van der Waals surface area contributed by atoms with Crippen LogP contribution >= 0.6 is 12.6 Å². The van der Waals surface area contributed by atoms with E-state index in [1.54, 1.807) is 0 Å². The number of epoxide rings is 1. The van der Waals surface area contributed by atoms with Gasteiger partial charge in [0.2, 0.25) is 0 Å². The third kappa shape index (κ3) is 1.76. The van der Waals surface area contributed by atoms with Crippen molar-refractivity contribution >= 4 is 18.4 Å². The summed E-state index contributed by atoms with van der Waals surface area (Å²) < 4.78 is 5.26. The van der Waals surface area contributed by atoms with Gasteiger partial charge in [0.25, 0.3) is 0 Å². The number of ether oxygens (including phenoxy) is 1. The highest BCUT2D eigenvalue weighted by molar-refractivity contribution is 7.81. The fourth-order valence-electron chi connectivity index (χ4n) is 1.34. The molecule has 0 unspecified atom stereocenters. The predicted molar refractivity (Wildman–Crippen MR) is 52.9 cm³/mol. The van der Waals surface area contributed by atoms with Gasteiger partial charge in [-0.05, 0) is 5.56 Å². The minimum atomic E-state index is -0.250. The van der Waals surface area contributed by atoms with Crippen LogP contribution in [0.15, 0.2) is 30.3 Å². The van der Waals surface area contributed by atoms with Gasteiger partial charge in [-0.25, -0.2) is 0 Å². The summed E-state index contributed by atoms with van der Waals surface area (Å²) >= 11 is 3.92. The molecular weight excluding hydrogens is 184 g/mol. The first-order valence-electron chi connectivity index (χ1n) is 4.17. The number of hydrogen-bond donors (Lipinski definition) is 1. The highest BCUT2D eigenvalue weighted by Crippen LogP contribution is 2.39. The van der Waals surface area contributed by atoms with E-state index in [9.17, 15) is 4.79 Å². The van der Waals surface area contributed by atoms with Gasteiger partial charge in [-0.3, -0.25) is 4.79 Å². The summed E-state index contributed by atoms with van der Waals surface area (Å²) in [6.45, 7) is 0. The Hall–Kier alpha value is -0.800. The Balaban J connectivity index is 2.04. The Morgan fingerprint density at radius 3 is 2.69 bits per heavy atom. The number of thiol groups is 1. The lowest BCUT2D eigenvalue weighted by atomic mass is 10.1. The number of carbonyl (C=O) groups is 1. The molecule has 1 aliphatic rings. The van der Waals surface area contributed by atoms with E-state index in [4.69, 9.17) is 4.74 Å². The number of rotatable bonds is 3. The molecule has 3 heteroatoms. The van der Waals surface area contributed by atoms with Gasteiger partial charge in [0.15, 0.2) is 5.78 Å². The van der Waals surface area contributed by atoms with Gasteiger partial charge in [0.05, 0.1) is 5.75 Å². The summed E-state index contributed by atoms with van der Waals surface area (Å²) in [5.41, 5.74) is 1.07. The lowest BCUT2D eigenvalue weighted by Gasteiger charge is -1.92. The minimum absolute atomic E-state index is 0.0270. The zero-order valence-electron chi connectivity index (χ0n) is 7.01. The summed E-state index contributed by atoms with van der Waals surface area (Å²) in [6.07, 6.45) is -0.277. The van der Waals surface area contributed by atoms with Gasteiger partial charge >= 0.3 is 0 Å². The van der Waals surface area contributed by atoms with Crippen LogP contribution in [0.5, 0.6) is 0 Å². The molecular formula is C10H10O2S. The van der Waals surface area contributed by atoms with Gasteiger partial charge in [0, 0.05) is 0 Å². The van der Waals surface area contributed by atoms with Crippen LogP contribution in [0, 0.1) is 0 Å². The van der Waals surface area contributed by atoms with Gasteiger partial charge in [-0.1, -0.05) is 30.3 Å². The fourth-order valence-corrected chi connectivity index (χ4v) is 1.52. The molecule has 1 fully saturated rings. The molecule has 2 atom stereocenters. The molecule has 1 aliphatic heterocycles. The Morgan fingerprint density at radius 1 is 1.38 bits per heavy atom. The van der Waals surface area contributed by atoms with Crippen molar-refractivity contribution in [3.63, 3.8) is 0 Å². The maximum absolute atomic E-state index is 11.2. The van der Waals surface area contributed by atoms with E-state index in [0.717, 1.165) is 5.56 Å². The van der Waals surface area contributed by atoms with Crippen molar-refractivity contribution < 1.29 is 9.53 Å². The Labute approximate surface area is 82.3 Å². The van der Waals surface area contributed by atoms with Gasteiger partial charge in [0.1, 0.15) is 12.2 Å². The van der Waals surface area contributed by atoms with Crippen LogP contribution in [0.4, 0.5) is 0 Å². The maximum Gasteiger partial charge on any atom is 0.174 e. The van der Waals surface area contributed by atoms with Gasteiger partial charge in [-0.2, -0.15) is 12.6 Å². The molecule has 0 saturated carbocycles. The molecule has 2 rings (SSSR count).